The molecule has 0 spiro atoms. The van der Waals surface area contributed by atoms with Gasteiger partial charge in [-0.1, -0.05) is 35.9 Å². The Labute approximate surface area is 121 Å². The normalized spacial score (nSPS) is 12.8. The molecule has 0 radical (unpaired) electrons. The van der Waals surface area contributed by atoms with E-state index in [-0.39, 0.29) is 11.1 Å². The number of fused-ring (bicyclic) bond motifs is 1. The van der Waals surface area contributed by atoms with Crippen LogP contribution in [-0.4, -0.2) is 7.05 Å². The molecule has 3 aromatic rings. The number of para-hydroxylation sites is 1. The quantitative estimate of drug-likeness (QED) is 0.766. The van der Waals surface area contributed by atoms with Crippen LogP contribution in [0.5, 0.6) is 0 Å². The molecular formula is C16H13ClFNO. The van der Waals surface area contributed by atoms with Gasteiger partial charge in [0.1, 0.15) is 17.2 Å². The first-order valence-electron chi connectivity index (χ1n) is 6.29. The van der Waals surface area contributed by atoms with Crippen LogP contribution in [0.3, 0.4) is 0 Å². The zero-order valence-corrected chi connectivity index (χ0v) is 11.6. The summed E-state index contributed by atoms with van der Waals surface area (Å²) in [5.74, 6) is 0.316. The highest BCUT2D eigenvalue weighted by atomic mass is 35.5. The number of furan rings is 1. The van der Waals surface area contributed by atoms with Crippen molar-refractivity contribution >= 4 is 22.6 Å². The number of hydrogen-bond donors (Lipinski definition) is 1. The van der Waals surface area contributed by atoms with Crippen LogP contribution in [0.25, 0.3) is 11.0 Å². The van der Waals surface area contributed by atoms with Gasteiger partial charge in [0, 0.05) is 5.39 Å². The van der Waals surface area contributed by atoms with Crippen LogP contribution in [0.2, 0.25) is 5.02 Å². The molecule has 20 heavy (non-hydrogen) atoms. The van der Waals surface area contributed by atoms with Gasteiger partial charge in [0.2, 0.25) is 0 Å². The Balaban J connectivity index is 2.06. The van der Waals surface area contributed by atoms with E-state index in [1.54, 1.807) is 12.1 Å². The highest BCUT2D eigenvalue weighted by Crippen LogP contribution is 2.29. The molecule has 0 bridgehead atoms. The van der Waals surface area contributed by atoms with E-state index in [1.807, 2.05) is 37.4 Å². The maximum atomic E-state index is 13.6. The summed E-state index contributed by atoms with van der Waals surface area (Å²) in [6, 6.07) is 14.3. The van der Waals surface area contributed by atoms with Gasteiger partial charge in [0.05, 0.1) is 11.1 Å². The second kappa shape index (κ2) is 5.27. The maximum absolute atomic E-state index is 13.6. The first-order valence-corrected chi connectivity index (χ1v) is 6.67. The van der Waals surface area contributed by atoms with Gasteiger partial charge in [-0.25, -0.2) is 4.39 Å². The van der Waals surface area contributed by atoms with Crippen LogP contribution in [0.4, 0.5) is 4.39 Å². The van der Waals surface area contributed by atoms with Crippen molar-refractivity contribution < 1.29 is 8.81 Å². The predicted molar refractivity (Wildman–Crippen MR) is 78.5 cm³/mol. The van der Waals surface area contributed by atoms with Crippen molar-refractivity contribution in [3.05, 3.63) is 70.7 Å². The SMILES string of the molecule is CNC(c1ccc(Cl)c(F)c1)c1cc2ccccc2o1. The van der Waals surface area contributed by atoms with Gasteiger partial charge in [-0.3, -0.25) is 0 Å². The molecule has 1 N–H and O–H groups in total. The van der Waals surface area contributed by atoms with Crippen LogP contribution in [0, 0.1) is 5.82 Å². The largest absolute Gasteiger partial charge is 0.459 e. The molecule has 2 nitrogen and oxygen atoms in total. The fourth-order valence-electron chi connectivity index (χ4n) is 2.31. The van der Waals surface area contributed by atoms with Crippen molar-refractivity contribution in [2.45, 2.75) is 6.04 Å². The van der Waals surface area contributed by atoms with Crippen molar-refractivity contribution in [3.63, 3.8) is 0 Å². The summed E-state index contributed by atoms with van der Waals surface area (Å²) in [5, 5.41) is 4.28. The zero-order chi connectivity index (χ0) is 14.1. The fourth-order valence-corrected chi connectivity index (χ4v) is 2.43. The lowest BCUT2D eigenvalue weighted by Crippen LogP contribution is -2.17. The van der Waals surface area contributed by atoms with Crippen molar-refractivity contribution in [2.75, 3.05) is 7.05 Å². The minimum Gasteiger partial charge on any atom is -0.459 e. The molecule has 1 aromatic heterocycles. The smallest absolute Gasteiger partial charge is 0.142 e. The predicted octanol–water partition coefficient (Wildman–Crippen LogP) is 4.53. The van der Waals surface area contributed by atoms with Crippen LogP contribution < -0.4 is 5.32 Å². The molecule has 0 saturated heterocycles. The third-order valence-electron chi connectivity index (χ3n) is 3.29. The Morgan fingerprint density at radius 2 is 1.95 bits per heavy atom. The van der Waals surface area contributed by atoms with Gasteiger partial charge in [-0.15, -0.1) is 0 Å². The summed E-state index contributed by atoms with van der Waals surface area (Å²) >= 11 is 5.72. The highest BCUT2D eigenvalue weighted by Gasteiger charge is 2.18. The van der Waals surface area contributed by atoms with E-state index < -0.39 is 5.82 Å². The Morgan fingerprint density at radius 1 is 1.15 bits per heavy atom. The van der Waals surface area contributed by atoms with E-state index in [4.69, 9.17) is 16.0 Å². The molecule has 2 aromatic carbocycles. The first-order chi connectivity index (χ1) is 9.69. The molecule has 1 atom stereocenters. The van der Waals surface area contributed by atoms with Crippen molar-refractivity contribution in [3.8, 4) is 0 Å². The fraction of sp³-hybridized carbons (Fsp3) is 0.125. The number of nitrogens with one attached hydrogen (secondary N) is 1. The van der Waals surface area contributed by atoms with E-state index in [2.05, 4.69) is 5.32 Å². The summed E-state index contributed by atoms with van der Waals surface area (Å²) < 4.78 is 19.4. The molecule has 0 aliphatic heterocycles. The highest BCUT2D eigenvalue weighted by molar-refractivity contribution is 6.30. The summed E-state index contributed by atoms with van der Waals surface area (Å²) in [7, 11) is 1.81. The monoisotopic (exact) mass is 289 g/mol. The van der Waals surface area contributed by atoms with Gasteiger partial charge in [-0.2, -0.15) is 0 Å². The lowest BCUT2D eigenvalue weighted by atomic mass is 10.0. The van der Waals surface area contributed by atoms with E-state index in [1.165, 1.54) is 6.07 Å². The number of rotatable bonds is 3. The van der Waals surface area contributed by atoms with Crippen LogP contribution in [0.1, 0.15) is 17.4 Å². The molecule has 1 heterocycles. The molecular weight excluding hydrogens is 277 g/mol. The molecule has 0 aliphatic rings. The van der Waals surface area contributed by atoms with Crippen LogP contribution in [0.15, 0.2) is 52.9 Å². The Kier molecular flexibility index (Phi) is 3.47. The second-order valence-corrected chi connectivity index (χ2v) is 4.99. The third-order valence-corrected chi connectivity index (χ3v) is 3.60. The minimum atomic E-state index is -0.430. The van der Waals surface area contributed by atoms with Gasteiger partial charge in [-0.05, 0) is 36.9 Å². The molecule has 102 valence electrons. The average Bonchev–Trinajstić information content (AvgIpc) is 2.87. The molecule has 0 saturated carbocycles. The molecule has 0 fully saturated rings. The van der Waals surface area contributed by atoms with E-state index >= 15 is 0 Å². The van der Waals surface area contributed by atoms with Crippen molar-refractivity contribution in [1.29, 1.82) is 0 Å². The minimum absolute atomic E-state index is 0.119. The topological polar surface area (TPSA) is 25.2 Å². The van der Waals surface area contributed by atoms with Crippen LogP contribution in [-0.2, 0) is 0 Å². The average molecular weight is 290 g/mol. The lowest BCUT2D eigenvalue weighted by Gasteiger charge is -2.14. The summed E-state index contributed by atoms with van der Waals surface area (Å²) in [4.78, 5) is 0. The van der Waals surface area contributed by atoms with Gasteiger partial charge < -0.3 is 9.73 Å². The standard InChI is InChI=1S/C16H13ClFNO/c1-19-16(11-6-7-12(17)13(18)8-11)15-9-10-4-2-3-5-14(10)20-15/h2-9,16,19H,1H3. The van der Waals surface area contributed by atoms with E-state index in [0.29, 0.717) is 0 Å². The Bertz CT molecular complexity index is 720. The lowest BCUT2D eigenvalue weighted by molar-refractivity contribution is 0.490. The molecule has 4 heteroatoms. The molecule has 0 aliphatic carbocycles. The first kappa shape index (κ1) is 13.2. The number of benzene rings is 2. The third kappa shape index (κ3) is 2.30. The number of halogens is 2. The van der Waals surface area contributed by atoms with E-state index in [9.17, 15) is 4.39 Å². The van der Waals surface area contributed by atoms with Gasteiger partial charge >= 0.3 is 0 Å². The summed E-state index contributed by atoms with van der Waals surface area (Å²) in [5.41, 5.74) is 1.59. The molecule has 1 unspecified atom stereocenters. The zero-order valence-electron chi connectivity index (χ0n) is 10.9. The number of hydrogen-bond acceptors (Lipinski definition) is 2. The summed E-state index contributed by atoms with van der Waals surface area (Å²) in [6.07, 6.45) is 0. The van der Waals surface area contributed by atoms with Crippen molar-refractivity contribution in [1.82, 2.24) is 5.32 Å². The van der Waals surface area contributed by atoms with Crippen molar-refractivity contribution in [2.24, 2.45) is 0 Å². The van der Waals surface area contributed by atoms with Gasteiger partial charge in [0.25, 0.3) is 0 Å². The Hall–Kier alpha value is -1.84. The van der Waals surface area contributed by atoms with Gasteiger partial charge in [0.15, 0.2) is 0 Å². The van der Waals surface area contributed by atoms with E-state index in [0.717, 1.165) is 22.3 Å². The molecule has 3 rings (SSSR count). The van der Waals surface area contributed by atoms with Crippen LogP contribution >= 0.6 is 11.6 Å². The maximum Gasteiger partial charge on any atom is 0.142 e. The Morgan fingerprint density at radius 3 is 2.65 bits per heavy atom. The second-order valence-electron chi connectivity index (χ2n) is 4.58. The molecule has 0 amide bonds. The summed E-state index contributed by atoms with van der Waals surface area (Å²) in [6.45, 7) is 0.